The Bertz CT molecular complexity index is 1420. The maximum atomic E-state index is 13.4. The Morgan fingerprint density at radius 1 is 1.10 bits per heavy atom. The largest absolute Gasteiger partial charge is 0.490 e. The first-order chi connectivity index (χ1) is 15.0. The van der Waals surface area contributed by atoms with E-state index in [1.807, 2.05) is 31.2 Å². The summed E-state index contributed by atoms with van der Waals surface area (Å²) < 4.78 is 8.63. The molecule has 0 saturated carbocycles. The number of aryl methyl sites for hydroxylation is 1. The average molecular weight is 433 g/mol. The summed E-state index contributed by atoms with van der Waals surface area (Å²) in [5.41, 5.74) is 1.74. The van der Waals surface area contributed by atoms with E-state index in [2.05, 4.69) is 0 Å². The topological polar surface area (TPSA) is 73.5 Å². The van der Waals surface area contributed by atoms with Crippen LogP contribution in [0.4, 0.5) is 5.69 Å². The van der Waals surface area contributed by atoms with Crippen LogP contribution < -0.4 is 20.9 Å². The summed E-state index contributed by atoms with van der Waals surface area (Å²) >= 11 is 1.26. The van der Waals surface area contributed by atoms with Gasteiger partial charge >= 0.3 is 5.69 Å². The zero-order valence-corrected chi connectivity index (χ0v) is 17.6. The molecule has 0 bridgehead atoms. The van der Waals surface area contributed by atoms with Gasteiger partial charge in [0, 0.05) is 0 Å². The predicted molar refractivity (Wildman–Crippen MR) is 121 cm³/mol. The average Bonchev–Trinajstić information content (AvgIpc) is 3.27. The number of para-hydroxylation sites is 1. The van der Waals surface area contributed by atoms with Crippen LogP contribution in [0.1, 0.15) is 5.56 Å². The smallest absolute Gasteiger partial charge is 0.336 e. The number of benzene rings is 2. The summed E-state index contributed by atoms with van der Waals surface area (Å²) in [6.45, 7) is 2.56. The zero-order chi connectivity index (χ0) is 21.5. The number of rotatable bonds is 3. The van der Waals surface area contributed by atoms with Gasteiger partial charge in [-0.05, 0) is 48.2 Å². The lowest BCUT2D eigenvalue weighted by atomic mass is 10.1. The molecule has 0 spiro atoms. The molecule has 0 unspecified atom stereocenters. The first-order valence-electron chi connectivity index (χ1n) is 9.87. The molecule has 156 valence electrons. The predicted octanol–water partition coefficient (Wildman–Crippen LogP) is 2.95. The van der Waals surface area contributed by atoms with Crippen molar-refractivity contribution in [3.8, 4) is 11.4 Å². The molecule has 0 N–H and O–H groups in total. The van der Waals surface area contributed by atoms with Gasteiger partial charge in [0.25, 0.3) is 5.56 Å². The number of hydrogen-bond donors (Lipinski definition) is 0. The Morgan fingerprint density at radius 2 is 1.90 bits per heavy atom. The third-order valence-corrected chi connectivity index (χ3v) is 6.23. The molecule has 0 radical (unpaired) electrons. The maximum Gasteiger partial charge on any atom is 0.336 e. The van der Waals surface area contributed by atoms with Crippen LogP contribution in [0.25, 0.3) is 15.9 Å². The van der Waals surface area contributed by atoms with Gasteiger partial charge < -0.3 is 9.64 Å². The van der Waals surface area contributed by atoms with Crippen LogP contribution in [0.15, 0.2) is 69.6 Å². The number of thiophene rings is 1. The van der Waals surface area contributed by atoms with Crippen LogP contribution in [-0.2, 0) is 11.3 Å². The fourth-order valence-electron chi connectivity index (χ4n) is 3.85. The summed E-state index contributed by atoms with van der Waals surface area (Å²) in [6, 6.07) is 16.2. The van der Waals surface area contributed by atoms with Gasteiger partial charge in [0.15, 0.2) is 0 Å². The summed E-state index contributed by atoms with van der Waals surface area (Å²) in [7, 11) is 0. The van der Waals surface area contributed by atoms with Crippen molar-refractivity contribution < 1.29 is 9.53 Å². The second-order valence-electron chi connectivity index (χ2n) is 7.34. The molecule has 0 aliphatic carbocycles. The fraction of sp³-hybridized carbons (Fsp3) is 0.174. The maximum absolute atomic E-state index is 13.4. The van der Waals surface area contributed by atoms with Gasteiger partial charge in [-0.15, -0.1) is 11.3 Å². The minimum Gasteiger partial charge on any atom is -0.490 e. The highest BCUT2D eigenvalue weighted by molar-refractivity contribution is 7.17. The molecule has 4 aromatic rings. The highest BCUT2D eigenvalue weighted by Crippen LogP contribution is 2.32. The Kier molecular flexibility index (Phi) is 4.71. The number of hydrogen-bond acceptors (Lipinski definition) is 5. The molecule has 0 saturated heterocycles. The molecule has 2 aromatic heterocycles. The summed E-state index contributed by atoms with van der Waals surface area (Å²) in [5, 5.41) is 1.76. The second-order valence-corrected chi connectivity index (χ2v) is 8.26. The number of carbonyl (C=O) groups excluding carboxylic acids is 1. The third-order valence-electron chi connectivity index (χ3n) is 5.34. The van der Waals surface area contributed by atoms with Crippen LogP contribution in [0.2, 0.25) is 0 Å². The van der Waals surface area contributed by atoms with Crippen LogP contribution in [0.5, 0.6) is 5.75 Å². The standard InChI is InChI=1S/C23H19N3O4S/c1-15-7-8-19-18(13-15)24(10-11-30-19)20(27)14-25-17-9-12-31-21(17)22(28)26(23(25)29)16-5-3-2-4-6-16/h2-9,12-13H,10-11,14H2,1H3. The normalized spacial score (nSPS) is 13.1. The molecule has 1 aliphatic rings. The molecular weight excluding hydrogens is 414 g/mol. The Hall–Kier alpha value is -3.65. The number of amides is 1. The van der Waals surface area contributed by atoms with Gasteiger partial charge in [0.05, 0.1) is 23.4 Å². The number of ether oxygens (including phenoxy) is 1. The molecule has 8 heteroatoms. The van der Waals surface area contributed by atoms with E-state index in [1.54, 1.807) is 40.6 Å². The number of carbonyl (C=O) groups is 1. The lowest BCUT2D eigenvalue weighted by Gasteiger charge is -2.30. The van der Waals surface area contributed by atoms with Gasteiger partial charge in [0.2, 0.25) is 5.91 Å². The molecule has 31 heavy (non-hydrogen) atoms. The minimum absolute atomic E-state index is 0.174. The van der Waals surface area contributed by atoms with Crippen molar-refractivity contribution in [2.45, 2.75) is 13.5 Å². The number of nitrogens with zero attached hydrogens (tertiary/aromatic N) is 3. The molecule has 5 rings (SSSR count). The molecule has 1 amide bonds. The summed E-state index contributed by atoms with van der Waals surface area (Å²) in [6.07, 6.45) is 0. The van der Waals surface area contributed by atoms with Crippen molar-refractivity contribution in [2.75, 3.05) is 18.1 Å². The fourth-order valence-corrected chi connectivity index (χ4v) is 4.68. The van der Waals surface area contributed by atoms with E-state index < -0.39 is 5.69 Å². The minimum atomic E-state index is -0.534. The highest BCUT2D eigenvalue weighted by atomic mass is 32.1. The lowest BCUT2D eigenvalue weighted by molar-refractivity contribution is -0.119. The molecule has 3 heterocycles. The Labute approximate surface area is 181 Å². The first kappa shape index (κ1) is 19.3. The van der Waals surface area contributed by atoms with Gasteiger partial charge in [0.1, 0.15) is 23.6 Å². The van der Waals surface area contributed by atoms with Crippen LogP contribution in [0, 0.1) is 6.92 Å². The molecular formula is C23H19N3O4S. The van der Waals surface area contributed by atoms with Gasteiger partial charge in [-0.3, -0.25) is 14.2 Å². The quantitative estimate of drug-likeness (QED) is 0.498. The molecule has 1 aliphatic heterocycles. The van der Waals surface area contributed by atoms with Crippen LogP contribution >= 0.6 is 11.3 Å². The van der Waals surface area contributed by atoms with E-state index in [1.165, 1.54) is 15.9 Å². The molecule has 2 aromatic carbocycles. The number of anilines is 1. The first-order valence-corrected chi connectivity index (χ1v) is 10.7. The monoisotopic (exact) mass is 433 g/mol. The highest BCUT2D eigenvalue weighted by Gasteiger charge is 2.26. The van der Waals surface area contributed by atoms with Crippen LogP contribution in [-0.4, -0.2) is 28.2 Å². The van der Waals surface area contributed by atoms with E-state index in [0.29, 0.717) is 40.5 Å². The summed E-state index contributed by atoms with van der Waals surface area (Å²) in [5.74, 6) is 0.412. The number of aromatic nitrogens is 2. The van der Waals surface area contributed by atoms with E-state index in [0.717, 1.165) is 10.1 Å². The van der Waals surface area contributed by atoms with E-state index in [4.69, 9.17) is 4.74 Å². The van der Waals surface area contributed by atoms with E-state index in [9.17, 15) is 14.4 Å². The van der Waals surface area contributed by atoms with Crippen molar-refractivity contribution in [3.63, 3.8) is 0 Å². The van der Waals surface area contributed by atoms with Gasteiger partial charge in [-0.25, -0.2) is 9.36 Å². The molecule has 7 nitrogen and oxygen atoms in total. The van der Waals surface area contributed by atoms with Crippen molar-refractivity contribution in [1.29, 1.82) is 0 Å². The zero-order valence-electron chi connectivity index (χ0n) is 16.8. The van der Waals surface area contributed by atoms with E-state index in [-0.39, 0.29) is 18.0 Å². The Morgan fingerprint density at radius 3 is 2.71 bits per heavy atom. The lowest BCUT2D eigenvalue weighted by Crippen LogP contribution is -2.44. The van der Waals surface area contributed by atoms with E-state index >= 15 is 0 Å². The molecule has 0 atom stereocenters. The van der Waals surface area contributed by atoms with Crippen molar-refractivity contribution in [3.05, 3.63) is 86.4 Å². The van der Waals surface area contributed by atoms with Crippen LogP contribution in [0.3, 0.4) is 0 Å². The van der Waals surface area contributed by atoms with Crippen molar-refractivity contribution in [2.24, 2.45) is 0 Å². The Balaban J connectivity index is 1.62. The SMILES string of the molecule is Cc1ccc2c(c1)N(C(=O)Cn1c(=O)n(-c3ccccc3)c(=O)c3sccc31)CCO2. The third kappa shape index (κ3) is 3.25. The van der Waals surface area contributed by atoms with Crippen molar-refractivity contribution >= 4 is 33.1 Å². The van der Waals surface area contributed by atoms with Gasteiger partial charge in [-0.2, -0.15) is 0 Å². The van der Waals surface area contributed by atoms with Gasteiger partial charge in [-0.1, -0.05) is 24.3 Å². The van der Waals surface area contributed by atoms with Crippen molar-refractivity contribution in [1.82, 2.24) is 9.13 Å². The summed E-state index contributed by atoms with van der Waals surface area (Å²) in [4.78, 5) is 41.3. The number of fused-ring (bicyclic) bond motifs is 2. The molecule has 0 fully saturated rings. The second kappa shape index (κ2) is 7.55.